The monoisotopic (exact) mass is 211 g/mol. The van der Waals surface area contributed by atoms with Gasteiger partial charge in [-0.25, -0.2) is 0 Å². The summed E-state index contributed by atoms with van der Waals surface area (Å²) in [7, 11) is 1.23. The highest BCUT2D eigenvalue weighted by molar-refractivity contribution is 5.72. The molecule has 0 aliphatic carbocycles. The van der Waals surface area contributed by atoms with Gasteiger partial charge in [0.25, 0.3) is 0 Å². The molecule has 0 spiro atoms. The fraction of sp³-hybridized carbons (Fsp3) is 0.875. The highest BCUT2D eigenvalue weighted by Gasteiger charge is 2.42. The van der Waals surface area contributed by atoms with Crippen LogP contribution in [0.5, 0.6) is 0 Å². The molecule has 82 valence electrons. The number of carbonyl (C=O) groups is 1. The van der Waals surface area contributed by atoms with Crippen LogP contribution in [-0.2, 0) is 9.53 Å². The Morgan fingerprint density at radius 2 is 2.07 bits per heavy atom. The molecule has 0 radical (unpaired) electrons. The molecule has 1 aliphatic rings. The van der Waals surface area contributed by atoms with E-state index >= 15 is 0 Å². The summed E-state index contributed by atoms with van der Waals surface area (Å²) in [4.78, 5) is 11.0. The van der Waals surface area contributed by atoms with Crippen molar-refractivity contribution in [1.29, 1.82) is 0 Å². The van der Waals surface area contributed by atoms with E-state index in [-0.39, 0.29) is 19.4 Å². The maximum atomic E-state index is 12.2. The number of piperidine rings is 1. The maximum Gasteiger partial charge on any atom is 0.403 e. The standard InChI is InChI=1S/C8H12F3NO2/c1-14-7(13)5-2-3-6(12-4-5)8(9,10)11/h5-6,12H,2-4H2,1H3/t5-,6+/m0/s1. The first-order valence-corrected chi connectivity index (χ1v) is 4.33. The van der Waals surface area contributed by atoms with E-state index in [0.717, 1.165) is 0 Å². The van der Waals surface area contributed by atoms with Gasteiger partial charge in [-0.3, -0.25) is 4.79 Å². The zero-order valence-corrected chi connectivity index (χ0v) is 7.73. The number of carbonyl (C=O) groups excluding carboxylic acids is 1. The Hall–Kier alpha value is -0.780. The maximum absolute atomic E-state index is 12.2. The molecule has 0 bridgehead atoms. The van der Waals surface area contributed by atoms with E-state index < -0.39 is 24.1 Å². The SMILES string of the molecule is COC(=O)[C@H]1CC[C@H](C(F)(F)F)NC1. The summed E-state index contributed by atoms with van der Waals surface area (Å²) in [5.41, 5.74) is 0. The summed E-state index contributed by atoms with van der Waals surface area (Å²) in [5, 5.41) is 2.30. The van der Waals surface area contributed by atoms with Crippen molar-refractivity contribution < 1.29 is 22.7 Å². The second kappa shape index (κ2) is 4.16. The lowest BCUT2D eigenvalue weighted by atomic mass is 9.94. The van der Waals surface area contributed by atoms with Crippen LogP contribution in [0.25, 0.3) is 0 Å². The van der Waals surface area contributed by atoms with Crippen molar-refractivity contribution in [2.24, 2.45) is 5.92 Å². The molecule has 0 aromatic heterocycles. The largest absolute Gasteiger partial charge is 0.469 e. The van der Waals surface area contributed by atoms with Crippen molar-refractivity contribution in [2.75, 3.05) is 13.7 Å². The minimum atomic E-state index is -4.22. The molecule has 6 heteroatoms. The summed E-state index contributed by atoms with van der Waals surface area (Å²) < 4.78 is 41.0. The van der Waals surface area contributed by atoms with Crippen molar-refractivity contribution in [1.82, 2.24) is 5.32 Å². The quantitative estimate of drug-likeness (QED) is 0.660. The number of hydrogen-bond acceptors (Lipinski definition) is 3. The molecule has 14 heavy (non-hydrogen) atoms. The lowest BCUT2D eigenvalue weighted by molar-refractivity contribution is -0.167. The highest BCUT2D eigenvalue weighted by atomic mass is 19.4. The minimum absolute atomic E-state index is 0.0385. The Kier molecular flexibility index (Phi) is 3.36. The number of methoxy groups -OCH3 is 1. The third-order valence-corrected chi connectivity index (χ3v) is 2.34. The number of alkyl halides is 3. The fourth-order valence-corrected chi connectivity index (χ4v) is 1.50. The lowest BCUT2D eigenvalue weighted by Gasteiger charge is -2.29. The first-order chi connectivity index (χ1) is 6.45. The predicted molar refractivity (Wildman–Crippen MR) is 42.6 cm³/mol. The van der Waals surface area contributed by atoms with Crippen LogP contribution in [-0.4, -0.2) is 31.8 Å². The first kappa shape index (κ1) is 11.3. The Labute approximate surface area is 79.6 Å². The van der Waals surface area contributed by atoms with E-state index in [1.54, 1.807) is 0 Å². The van der Waals surface area contributed by atoms with Crippen molar-refractivity contribution in [2.45, 2.75) is 25.1 Å². The van der Waals surface area contributed by atoms with E-state index in [9.17, 15) is 18.0 Å². The molecular formula is C8H12F3NO2. The second-order valence-corrected chi connectivity index (χ2v) is 3.30. The molecule has 0 saturated carbocycles. The Morgan fingerprint density at radius 3 is 2.43 bits per heavy atom. The van der Waals surface area contributed by atoms with Crippen LogP contribution in [0, 0.1) is 5.92 Å². The van der Waals surface area contributed by atoms with Crippen LogP contribution in [0.3, 0.4) is 0 Å². The average molecular weight is 211 g/mol. The summed E-state index contributed by atoms with van der Waals surface area (Å²) in [6.07, 6.45) is -4.06. The van der Waals surface area contributed by atoms with Gasteiger partial charge in [0, 0.05) is 6.54 Å². The Balaban J connectivity index is 2.43. The molecule has 1 rings (SSSR count). The zero-order valence-electron chi connectivity index (χ0n) is 7.73. The normalized spacial score (nSPS) is 28.6. The smallest absolute Gasteiger partial charge is 0.403 e. The predicted octanol–water partition coefficient (Wildman–Crippen LogP) is 1.09. The first-order valence-electron chi connectivity index (χ1n) is 4.33. The van der Waals surface area contributed by atoms with Crippen molar-refractivity contribution in [3.8, 4) is 0 Å². The van der Waals surface area contributed by atoms with E-state index in [1.165, 1.54) is 7.11 Å². The summed E-state index contributed by atoms with van der Waals surface area (Å²) in [6.45, 7) is 0.0385. The molecule has 1 N–H and O–H groups in total. The summed E-state index contributed by atoms with van der Waals surface area (Å²) in [6, 6.07) is -1.48. The molecule has 0 aromatic carbocycles. The van der Waals surface area contributed by atoms with Gasteiger partial charge in [-0.05, 0) is 12.8 Å². The number of esters is 1. The van der Waals surface area contributed by atoms with Crippen molar-refractivity contribution in [3.05, 3.63) is 0 Å². The third-order valence-electron chi connectivity index (χ3n) is 2.34. The van der Waals surface area contributed by atoms with E-state index in [2.05, 4.69) is 10.1 Å². The molecule has 2 atom stereocenters. The lowest BCUT2D eigenvalue weighted by Crippen LogP contribution is -2.49. The van der Waals surface area contributed by atoms with Gasteiger partial charge < -0.3 is 10.1 Å². The van der Waals surface area contributed by atoms with Crippen LogP contribution in [0.4, 0.5) is 13.2 Å². The number of hydrogen-bond donors (Lipinski definition) is 1. The van der Waals surface area contributed by atoms with Gasteiger partial charge in [0.15, 0.2) is 0 Å². The topological polar surface area (TPSA) is 38.3 Å². The van der Waals surface area contributed by atoms with Gasteiger partial charge in [-0.15, -0.1) is 0 Å². The van der Waals surface area contributed by atoms with Gasteiger partial charge in [0.2, 0.25) is 0 Å². The molecular weight excluding hydrogens is 199 g/mol. The Morgan fingerprint density at radius 1 is 1.43 bits per heavy atom. The van der Waals surface area contributed by atoms with Gasteiger partial charge in [-0.1, -0.05) is 0 Å². The average Bonchev–Trinajstić information content (AvgIpc) is 2.15. The van der Waals surface area contributed by atoms with Crippen molar-refractivity contribution >= 4 is 5.97 Å². The van der Waals surface area contributed by atoms with Crippen LogP contribution in [0.1, 0.15) is 12.8 Å². The number of rotatable bonds is 1. The van der Waals surface area contributed by atoms with E-state index in [4.69, 9.17) is 0 Å². The molecule has 1 aliphatic heterocycles. The summed E-state index contributed by atoms with van der Waals surface area (Å²) >= 11 is 0. The molecule has 1 heterocycles. The highest BCUT2D eigenvalue weighted by Crippen LogP contribution is 2.28. The third kappa shape index (κ3) is 2.60. The molecule has 0 amide bonds. The molecule has 1 fully saturated rings. The van der Waals surface area contributed by atoms with Crippen molar-refractivity contribution in [3.63, 3.8) is 0 Å². The van der Waals surface area contributed by atoms with E-state index in [0.29, 0.717) is 0 Å². The van der Waals surface area contributed by atoms with Gasteiger partial charge in [0.1, 0.15) is 6.04 Å². The van der Waals surface area contributed by atoms with Gasteiger partial charge in [0.05, 0.1) is 13.0 Å². The number of halogens is 3. The molecule has 3 nitrogen and oxygen atoms in total. The minimum Gasteiger partial charge on any atom is -0.469 e. The van der Waals surface area contributed by atoms with Gasteiger partial charge in [-0.2, -0.15) is 13.2 Å². The molecule has 0 unspecified atom stereocenters. The second-order valence-electron chi connectivity index (χ2n) is 3.30. The van der Waals surface area contributed by atoms with Crippen LogP contribution < -0.4 is 5.32 Å². The Bertz CT molecular complexity index is 209. The summed E-state index contributed by atoms with van der Waals surface area (Å²) in [5.74, 6) is -0.892. The van der Waals surface area contributed by atoms with Crippen LogP contribution >= 0.6 is 0 Å². The van der Waals surface area contributed by atoms with E-state index in [1.807, 2.05) is 0 Å². The molecule has 1 saturated heterocycles. The van der Waals surface area contributed by atoms with Crippen LogP contribution in [0.15, 0.2) is 0 Å². The molecule has 0 aromatic rings. The number of ether oxygens (including phenoxy) is 1. The number of nitrogens with one attached hydrogen (secondary N) is 1. The fourth-order valence-electron chi connectivity index (χ4n) is 1.50. The van der Waals surface area contributed by atoms with Gasteiger partial charge >= 0.3 is 12.1 Å². The van der Waals surface area contributed by atoms with Crippen LogP contribution in [0.2, 0.25) is 0 Å². The zero-order chi connectivity index (χ0) is 10.8.